The molecule has 2 N–H and O–H groups in total. The van der Waals surface area contributed by atoms with Crippen LogP contribution in [0.15, 0.2) is 30.3 Å². The fourth-order valence-corrected chi connectivity index (χ4v) is 2.00. The molecule has 0 saturated carbocycles. The molecule has 21 heavy (non-hydrogen) atoms. The molecule has 2 aromatic rings. The molecule has 0 aliphatic heterocycles. The molecular weight excluding hydrogens is 272 g/mol. The highest BCUT2D eigenvalue weighted by Crippen LogP contribution is 2.15. The second kappa shape index (κ2) is 6.17. The summed E-state index contributed by atoms with van der Waals surface area (Å²) < 4.78 is 1.35. The maximum absolute atomic E-state index is 12.2. The monoisotopic (exact) mass is 288 g/mol. The van der Waals surface area contributed by atoms with E-state index in [2.05, 4.69) is 15.6 Å². The standard InChI is InChI=1S/C14H16N4O3/c1-3-11-12(14(20)21)16-17-18(11)9(2)13(19)15-10-7-5-4-6-8-10/h4-9H,3H2,1-2H3,(H,15,19)(H,20,21). The highest BCUT2D eigenvalue weighted by molar-refractivity contribution is 5.93. The average molecular weight is 288 g/mol. The van der Waals surface area contributed by atoms with E-state index in [-0.39, 0.29) is 11.6 Å². The van der Waals surface area contributed by atoms with Crippen molar-refractivity contribution in [1.29, 1.82) is 0 Å². The molecule has 0 aliphatic rings. The summed E-state index contributed by atoms with van der Waals surface area (Å²) in [6, 6.07) is 8.38. The first-order chi connectivity index (χ1) is 10.0. The molecule has 1 heterocycles. The molecule has 1 atom stereocenters. The van der Waals surface area contributed by atoms with E-state index < -0.39 is 12.0 Å². The van der Waals surface area contributed by atoms with Crippen molar-refractivity contribution in [2.24, 2.45) is 0 Å². The molecule has 1 aromatic heterocycles. The quantitative estimate of drug-likeness (QED) is 0.873. The van der Waals surface area contributed by atoms with E-state index in [0.717, 1.165) is 0 Å². The van der Waals surface area contributed by atoms with Crippen LogP contribution in [-0.2, 0) is 11.2 Å². The number of carbonyl (C=O) groups excluding carboxylic acids is 1. The van der Waals surface area contributed by atoms with Crippen molar-refractivity contribution in [2.45, 2.75) is 26.3 Å². The highest BCUT2D eigenvalue weighted by Gasteiger charge is 2.24. The van der Waals surface area contributed by atoms with Gasteiger partial charge in [0, 0.05) is 5.69 Å². The van der Waals surface area contributed by atoms with Crippen LogP contribution in [0.2, 0.25) is 0 Å². The Kier molecular flexibility index (Phi) is 4.32. The van der Waals surface area contributed by atoms with Crippen molar-refractivity contribution in [1.82, 2.24) is 15.0 Å². The molecule has 1 amide bonds. The number of para-hydroxylation sites is 1. The molecule has 0 radical (unpaired) electrons. The normalized spacial score (nSPS) is 11.9. The summed E-state index contributed by atoms with van der Waals surface area (Å²) in [5, 5.41) is 19.2. The minimum absolute atomic E-state index is 0.114. The van der Waals surface area contributed by atoms with Crippen LogP contribution < -0.4 is 5.32 Å². The van der Waals surface area contributed by atoms with Crippen molar-refractivity contribution >= 4 is 17.6 Å². The van der Waals surface area contributed by atoms with E-state index in [9.17, 15) is 9.59 Å². The number of benzene rings is 1. The average Bonchev–Trinajstić information content (AvgIpc) is 2.91. The number of amides is 1. The van der Waals surface area contributed by atoms with Crippen molar-refractivity contribution in [3.8, 4) is 0 Å². The van der Waals surface area contributed by atoms with Gasteiger partial charge in [-0.15, -0.1) is 5.10 Å². The fraction of sp³-hybridized carbons (Fsp3) is 0.286. The van der Waals surface area contributed by atoms with Gasteiger partial charge < -0.3 is 10.4 Å². The zero-order chi connectivity index (χ0) is 15.4. The van der Waals surface area contributed by atoms with Gasteiger partial charge in [-0.1, -0.05) is 30.3 Å². The van der Waals surface area contributed by atoms with Gasteiger partial charge in [-0.05, 0) is 25.5 Å². The maximum atomic E-state index is 12.2. The lowest BCUT2D eigenvalue weighted by molar-refractivity contribution is -0.119. The molecule has 0 fully saturated rings. The lowest BCUT2D eigenvalue weighted by Crippen LogP contribution is -2.26. The zero-order valence-electron chi connectivity index (χ0n) is 11.8. The van der Waals surface area contributed by atoms with Gasteiger partial charge >= 0.3 is 5.97 Å². The number of anilines is 1. The number of aromatic carboxylic acids is 1. The summed E-state index contributed by atoms with van der Waals surface area (Å²) in [6.45, 7) is 3.45. The van der Waals surface area contributed by atoms with Gasteiger partial charge in [-0.25, -0.2) is 9.48 Å². The predicted molar refractivity (Wildman–Crippen MR) is 76.1 cm³/mol. The van der Waals surface area contributed by atoms with E-state index in [0.29, 0.717) is 17.8 Å². The van der Waals surface area contributed by atoms with E-state index in [4.69, 9.17) is 5.11 Å². The summed E-state index contributed by atoms with van der Waals surface area (Å²) in [7, 11) is 0. The van der Waals surface area contributed by atoms with E-state index in [1.807, 2.05) is 18.2 Å². The molecule has 7 heteroatoms. The third kappa shape index (κ3) is 3.07. The van der Waals surface area contributed by atoms with Crippen molar-refractivity contribution < 1.29 is 14.7 Å². The van der Waals surface area contributed by atoms with Gasteiger partial charge in [0.15, 0.2) is 5.69 Å². The van der Waals surface area contributed by atoms with Crippen LogP contribution in [-0.4, -0.2) is 32.0 Å². The second-order valence-corrected chi connectivity index (χ2v) is 4.52. The van der Waals surface area contributed by atoms with Crippen LogP contribution in [0.1, 0.15) is 36.1 Å². The van der Waals surface area contributed by atoms with E-state index >= 15 is 0 Å². The first kappa shape index (κ1) is 14.7. The summed E-state index contributed by atoms with van der Waals surface area (Å²) in [6.07, 6.45) is 0.428. The third-order valence-corrected chi connectivity index (χ3v) is 3.12. The minimum atomic E-state index is -1.14. The molecule has 1 unspecified atom stereocenters. The van der Waals surface area contributed by atoms with E-state index in [1.54, 1.807) is 26.0 Å². The summed E-state index contributed by atoms with van der Waals surface area (Å²) in [5.74, 6) is -1.42. The lowest BCUT2D eigenvalue weighted by atomic mass is 10.2. The number of hydrogen-bond donors (Lipinski definition) is 2. The Hall–Kier alpha value is -2.70. The number of carboxylic acids is 1. The molecule has 110 valence electrons. The van der Waals surface area contributed by atoms with Gasteiger partial charge in [0.2, 0.25) is 5.91 Å². The molecule has 0 saturated heterocycles. The number of nitrogens with zero attached hydrogens (tertiary/aromatic N) is 3. The Bertz CT molecular complexity index is 651. The third-order valence-electron chi connectivity index (χ3n) is 3.12. The Labute approximate surface area is 121 Å². The van der Waals surface area contributed by atoms with Crippen LogP contribution in [0, 0.1) is 0 Å². The Balaban J connectivity index is 2.22. The summed E-state index contributed by atoms with van der Waals surface area (Å²) >= 11 is 0. The first-order valence-electron chi connectivity index (χ1n) is 6.57. The van der Waals surface area contributed by atoms with Gasteiger partial charge in [0.25, 0.3) is 0 Å². The zero-order valence-corrected chi connectivity index (χ0v) is 11.8. The molecule has 0 bridgehead atoms. The maximum Gasteiger partial charge on any atom is 0.358 e. The number of rotatable bonds is 5. The highest BCUT2D eigenvalue weighted by atomic mass is 16.4. The number of aromatic nitrogens is 3. The number of carboxylic acid groups (broad SMARTS) is 1. The molecule has 0 spiro atoms. The fourth-order valence-electron chi connectivity index (χ4n) is 2.00. The lowest BCUT2D eigenvalue weighted by Gasteiger charge is -2.14. The summed E-state index contributed by atoms with van der Waals surface area (Å²) in [5.41, 5.74) is 0.987. The molecule has 1 aromatic carbocycles. The van der Waals surface area contributed by atoms with Gasteiger partial charge in [-0.3, -0.25) is 4.79 Å². The van der Waals surface area contributed by atoms with Crippen molar-refractivity contribution in [3.05, 3.63) is 41.7 Å². The number of carbonyl (C=O) groups is 2. The van der Waals surface area contributed by atoms with Crippen LogP contribution in [0.25, 0.3) is 0 Å². The van der Waals surface area contributed by atoms with Gasteiger partial charge in [0.1, 0.15) is 6.04 Å². The van der Waals surface area contributed by atoms with Crippen LogP contribution in [0.4, 0.5) is 5.69 Å². The Morgan fingerprint density at radius 2 is 2.00 bits per heavy atom. The molecule has 0 aliphatic carbocycles. The second-order valence-electron chi connectivity index (χ2n) is 4.52. The Morgan fingerprint density at radius 3 is 2.57 bits per heavy atom. The first-order valence-corrected chi connectivity index (χ1v) is 6.57. The SMILES string of the molecule is CCc1c(C(=O)O)nnn1C(C)C(=O)Nc1ccccc1. The van der Waals surface area contributed by atoms with E-state index in [1.165, 1.54) is 4.68 Å². The topological polar surface area (TPSA) is 97.1 Å². The Morgan fingerprint density at radius 1 is 1.33 bits per heavy atom. The van der Waals surface area contributed by atoms with Crippen molar-refractivity contribution in [3.63, 3.8) is 0 Å². The number of hydrogen-bond acceptors (Lipinski definition) is 4. The molecular formula is C14H16N4O3. The van der Waals surface area contributed by atoms with Crippen molar-refractivity contribution in [2.75, 3.05) is 5.32 Å². The smallest absolute Gasteiger partial charge is 0.358 e. The van der Waals surface area contributed by atoms with Crippen LogP contribution in [0.3, 0.4) is 0 Å². The molecule has 7 nitrogen and oxygen atoms in total. The number of nitrogens with one attached hydrogen (secondary N) is 1. The molecule has 2 rings (SSSR count). The van der Waals surface area contributed by atoms with Gasteiger partial charge in [-0.2, -0.15) is 0 Å². The summed E-state index contributed by atoms with van der Waals surface area (Å²) in [4.78, 5) is 23.3. The van der Waals surface area contributed by atoms with Crippen LogP contribution in [0.5, 0.6) is 0 Å². The minimum Gasteiger partial charge on any atom is -0.476 e. The largest absolute Gasteiger partial charge is 0.476 e. The van der Waals surface area contributed by atoms with Crippen LogP contribution >= 0.6 is 0 Å². The predicted octanol–water partition coefficient (Wildman–Crippen LogP) is 1.74. The van der Waals surface area contributed by atoms with Gasteiger partial charge in [0.05, 0.1) is 5.69 Å².